The van der Waals surface area contributed by atoms with E-state index in [0.717, 1.165) is 5.56 Å². The first kappa shape index (κ1) is 20.3. The van der Waals surface area contributed by atoms with Crippen LogP contribution in [0.3, 0.4) is 0 Å². The normalized spacial score (nSPS) is 10.3. The van der Waals surface area contributed by atoms with Crippen molar-refractivity contribution in [1.82, 2.24) is 4.90 Å². The fourth-order valence-electron chi connectivity index (χ4n) is 2.64. The highest BCUT2D eigenvalue weighted by Gasteiger charge is 2.10. The van der Waals surface area contributed by atoms with Crippen LogP contribution in [0.1, 0.15) is 32.5 Å². The molecule has 0 bridgehead atoms. The second kappa shape index (κ2) is 9.16. The Morgan fingerprint density at radius 3 is 2.28 bits per heavy atom. The van der Waals surface area contributed by atoms with E-state index >= 15 is 0 Å². The molecule has 0 fully saturated rings. The van der Waals surface area contributed by atoms with Gasteiger partial charge in [-0.1, -0.05) is 18.2 Å². The zero-order valence-corrected chi connectivity index (χ0v) is 17.0. The number of carbonyl (C=O) groups excluding carboxylic acids is 3. The molecule has 0 saturated carbocycles. The predicted octanol–water partition coefficient (Wildman–Crippen LogP) is 4.23. The Morgan fingerprint density at radius 1 is 0.897 bits per heavy atom. The van der Waals surface area contributed by atoms with Crippen LogP contribution in [0.5, 0.6) is 0 Å². The fourth-order valence-corrected chi connectivity index (χ4v) is 3.26. The van der Waals surface area contributed by atoms with Gasteiger partial charge in [0.2, 0.25) is 5.91 Å². The lowest BCUT2D eigenvalue weighted by molar-refractivity contribution is -0.128. The van der Waals surface area contributed by atoms with E-state index in [1.807, 2.05) is 29.6 Å². The molecule has 0 unspecified atom stereocenters. The van der Waals surface area contributed by atoms with Crippen molar-refractivity contribution in [3.8, 4) is 0 Å². The van der Waals surface area contributed by atoms with Gasteiger partial charge >= 0.3 is 0 Å². The van der Waals surface area contributed by atoms with Gasteiger partial charge in [0.15, 0.2) is 0 Å². The third kappa shape index (κ3) is 5.52. The highest BCUT2D eigenvalue weighted by molar-refractivity contribution is 7.12. The first-order chi connectivity index (χ1) is 13.9. The number of hydrogen-bond donors (Lipinski definition) is 2. The third-order valence-electron chi connectivity index (χ3n) is 4.29. The molecule has 1 heterocycles. The van der Waals surface area contributed by atoms with Gasteiger partial charge in [-0.2, -0.15) is 0 Å². The Balaban J connectivity index is 1.62. The van der Waals surface area contributed by atoms with Crippen LogP contribution in [0.4, 0.5) is 11.4 Å². The van der Waals surface area contributed by atoms with Crippen molar-refractivity contribution in [2.75, 3.05) is 17.7 Å². The highest BCUT2D eigenvalue weighted by atomic mass is 32.1. The van der Waals surface area contributed by atoms with Crippen molar-refractivity contribution in [2.24, 2.45) is 0 Å². The summed E-state index contributed by atoms with van der Waals surface area (Å²) < 4.78 is 0. The molecule has 2 N–H and O–H groups in total. The number of thiophene rings is 1. The van der Waals surface area contributed by atoms with Crippen molar-refractivity contribution in [3.63, 3.8) is 0 Å². The maximum absolute atomic E-state index is 12.5. The topological polar surface area (TPSA) is 78.5 Å². The molecule has 0 aliphatic rings. The molecule has 3 amide bonds. The first-order valence-electron chi connectivity index (χ1n) is 8.99. The summed E-state index contributed by atoms with van der Waals surface area (Å²) in [6.07, 6.45) is 0. The molecular formula is C22H21N3O3S. The van der Waals surface area contributed by atoms with Gasteiger partial charge in [0.1, 0.15) is 0 Å². The maximum atomic E-state index is 12.5. The molecule has 148 valence electrons. The summed E-state index contributed by atoms with van der Waals surface area (Å²) in [7, 11) is 1.73. The van der Waals surface area contributed by atoms with Gasteiger partial charge in [-0.3, -0.25) is 14.4 Å². The number of rotatable bonds is 6. The van der Waals surface area contributed by atoms with Crippen molar-refractivity contribution in [3.05, 3.63) is 82.0 Å². The van der Waals surface area contributed by atoms with Crippen molar-refractivity contribution >= 4 is 40.4 Å². The lowest BCUT2D eigenvalue weighted by atomic mass is 10.1. The molecule has 1 aromatic heterocycles. The van der Waals surface area contributed by atoms with Gasteiger partial charge in [0.25, 0.3) is 11.8 Å². The van der Waals surface area contributed by atoms with Crippen molar-refractivity contribution < 1.29 is 14.4 Å². The number of nitrogens with zero attached hydrogens (tertiary/aromatic N) is 1. The maximum Gasteiger partial charge on any atom is 0.265 e. The van der Waals surface area contributed by atoms with Gasteiger partial charge in [0, 0.05) is 37.5 Å². The molecular weight excluding hydrogens is 386 g/mol. The molecule has 0 spiro atoms. The van der Waals surface area contributed by atoms with Crippen LogP contribution in [-0.2, 0) is 11.3 Å². The smallest absolute Gasteiger partial charge is 0.265 e. The summed E-state index contributed by atoms with van der Waals surface area (Å²) in [5, 5.41) is 7.50. The minimum atomic E-state index is -0.252. The fraction of sp³-hybridized carbons (Fsp3) is 0.136. The molecule has 7 heteroatoms. The summed E-state index contributed by atoms with van der Waals surface area (Å²) in [6, 6.07) is 17.7. The highest BCUT2D eigenvalue weighted by Crippen LogP contribution is 2.17. The number of amides is 3. The number of nitrogens with one attached hydrogen (secondary N) is 2. The van der Waals surface area contributed by atoms with E-state index in [-0.39, 0.29) is 17.7 Å². The summed E-state index contributed by atoms with van der Waals surface area (Å²) in [6.45, 7) is 1.98. The van der Waals surface area contributed by atoms with Crippen LogP contribution in [0.25, 0.3) is 0 Å². The Hall–Kier alpha value is -3.45. The second-order valence-corrected chi connectivity index (χ2v) is 7.49. The van der Waals surface area contributed by atoms with Gasteiger partial charge in [-0.15, -0.1) is 11.3 Å². The SMILES string of the molecule is CC(=O)N(C)Cc1cccc(NC(=O)c2ccc(NC(=O)c3cccs3)cc2)c1. The molecule has 3 aromatic rings. The Kier molecular flexibility index (Phi) is 6.41. The standard InChI is InChI=1S/C22H21N3O3S/c1-15(26)25(2)14-16-5-3-6-19(13-16)24-21(27)17-8-10-18(11-9-17)23-22(28)20-7-4-12-29-20/h3-13H,14H2,1-2H3,(H,23,28)(H,24,27). The van der Waals surface area contributed by atoms with Crippen LogP contribution in [0.15, 0.2) is 66.0 Å². The summed E-state index contributed by atoms with van der Waals surface area (Å²) in [4.78, 5) is 38.2. The van der Waals surface area contributed by atoms with Crippen molar-refractivity contribution in [1.29, 1.82) is 0 Å². The predicted molar refractivity (Wildman–Crippen MR) is 115 cm³/mol. The van der Waals surface area contributed by atoms with Gasteiger partial charge < -0.3 is 15.5 Å². The van der Waals surface area contributed by atoms with Crippen LogP contribution in [0, 0.1) is 0 Å². The summed E-state index contributed by atoms with van der Waals surface area (Å²) in [5.74, 6) is -0.451. The summed E-state index contributed by atoms with van der Waals surface area (Å²) >= 11 is 1.37. The quantitative estimate of drug-likeness (QED) is 0.642. The zero-order chi connectivity index (χ0) is 20.8. The Labute approximate surface area is 173 Å². The largest absolute Gasteiger partial charge is 0.342 e. The Bertz CT molecular complexity index is 1010. The van der Waals surface area contributed by atoms with Crippen LogP contribution in [0.2, 0.25) is 0 Å². The summed E-state index contributed by atoms with van der Waals surface area (Å²) in [5.41, 5.74) is 2.67. The molecule has 0 aliphatic heterocycles. The number of hydrogen-bond acceptors (Lipinski definition) is 4. The lowest BCUT2D eigenvalue weighted by Gasteiger charge is -2.15. The van der Waals surface area contributed by atoms with Crippen LogP contribution >= 0.6 is 11.3 Å². The van der Waals surface area contributed by atoms with E-state index in [4.69, 9.17) is 0 Å². The van der Waals surface area contributed by atoms with E-state index in [1.165, 1.54) is 18.3 Å². The van der Waals surface area contributed by atoms with Gasteiger partial charge in [-0.05, 0) is 53.4 Å². The minimum absolute atomic E-state index is 0.0225. The average Bonchev–Trinajstić information content (AvgIpc) is 3.23. The van der Waals surface area contributed by atoms with Crippen LogP contribution < -0.4 is 10.6 Å². The molecule has 0 radical (unpaired) electrons. The van der Waals surface area contributed by atoms with Gasteiger partial charge in [-0.25, -0.2) is 0 Å². The van der Waals surface area contributed by atoms with E-state index in [9.17, 15) is 14.4 Å². The molecule has 6 nitrogen and oxygen atoms in total. The molecule has 2 aromatic carbocycles. The molecule has 0 aliphatic carbocycles. The van der Waals surface area contributed by atoms with Crippen molar-refractivity contribution in [2.45, 2.75) is 13.5 Å². The second-order valence-electron chi connectivity index (χ2n) is 6.54. The average molecular weight is 407 g/mol. The minimum Gasteiger partial charge on any atom is -0.342 e. The van der Waals surface area contributed by atoms with Gasteiger partial charge in [0.05, 0.1) is 4.88 Å². The van der Waals surface area contributed by atoms with E-state index < -0.39 is 0 Å². The molecule has 3 rings (SSSR count). The molecule has 0 atom stereocenters. The number of benzene rings is 2. The zero-order valence-electron chi connectivity index (χ0n) is 16.1. The first-order valence-corrected chi connectivity index (χ1v) is 9.87. The lowest BCUT2D eigenvalue weighted by Crippen LogP contribution is -2.23. The molecule has 0 saturated heterocycles. The van der Waals surface area contributed by atoms with E-state index in [0.29, 0.717) is 28.4 Å². The Morgan fingerprint density at radius 2 is 1.62 bits per heavy atom. The van der Waals surface area contributed by atoms with Crippen LogP contribution in [-0.4, -0.2) is 29.7 Å². The monoisotopic (exact) mass is 407 g/mol. The number of anilines is 2. The third-order valence-corrected chi connectivity index (χ3v) is 5.16. The van der Waals surface area contributed by atoms with E-state index in [1.54, 1.807) is 48.3 Å². The number of carbonyl (C=O) groups is 3. The van der Waals surface area contributed by atoms with E-state index in [2.05, 4.69) is 10.6 Å². The molecule has 29 heavy (non-hydrogen) atoms.